The van der Waals surface area contributed by atoms with E-state index in [1.165, 1.54) is 0 Å². The summed E-state index contributed by atoms with van der Waals surface area (Å²) in [6.45, 7) is 4.95. The number of benzene rings is 1. The predicted octanol–water partition coefficient (Wildman–Crippen LogP) is 2.33. The Hall–Kier alpha value is -1.55. The molecule has 19 heavy (non-hydrogen) atoms. The summed E-state index contributed by atoms with van der Waals surface area (Å²) in [5.74, 6) is 0.00528. The van der Waals surface area contributed by atoms with Gasteiger partial charge >= 0.3 is 0 Å². The van der Waals surface area contributed by atoms with Crippen molar-refractivity contribution in [3.05, 3.63) is 29.3 Å². The van der Waals surface area contributed by atoms with Crippen molar-refractivity contribution < 1.29 is 9.53 Å². The van der Waals surface area contributed by atoms with Crippen LogP contribution in [0.4, 0.5) is 5.69 Å². The smallest absolute Gasteiger partial charge is 0.251 e. The number of aryl methyl sites for hydroxylation is 1. The fourth-order valence-corrected chi connectivity index (χ4v) is 2.34. The van der Waals surface area contributed by atoms with Crippen molar-refractivity contribution in [3.8, 4) is 0 Å². The van der Waals surface area contributed by atoms with Gasteiger partial charge in [0.1, 0.15) is 0 Å². The maximum Gasteiger partial charge on any atom is 0.251 e. The third kappa shape index (κ3) is 3.26. The molecule has 4 heteroatoms. The summed E-state index contributed by atoms with van der Waals surface area (Å²) >= 11 is 0. The second-order valence-electron chi connectivity index (χ2n) is 5.06. The zero-order chi connectivity index (χ0) is 13.8. The van der Waals surface area contributed by atoms with Crippen molar-refractivity contribution in [3.63, 3.8) is 0 Å². The molecule has 2 N–H and O–H groups in total. The highest BCUT2D eigenvalue weighted by molar-refractivity contribution is 5.95. The highest BCUT2D eigenvalue weighted by Gasteiger charge is 2.30. The summed E-state index contributed by atoms with van der Waals surface area (Å²) in [6.07, 6.45) is 2.14. The van der Waals surface area contributed by atoms with Crippen LogP contribution in [-0.4, -0.2) is 31.7 Å². The van der Waals surface area contributed by atoms with Crippen LogP contribution in [0, 0.1) is 6.92 Å². The van der Waals surface area contributed by atoms with Gasteiger partial charge in [-0.15, -0.1) is 0 Å². The van der Waals surface area contributed by atoms with Crippen LogP contribution in [0.5, 0.6) is 0 Å². The Balaban J connectivity index is 1.94. The van der Waals surface area contributed by atoms with Gasteiger partial charge in [-0.25, -0.2) is 0 Å². The van der Waals surface area contributed by atoms with Crippen LogP contribution < -0.4 is 10.6 Å². The van der Waals surface area contributed by atoms with Crippen molar-refractivity contribution in [1.29, 1.82) is 0 Å². The second kappa shape index (κ2) is 6.06. The Kier molecular flexibility index (Phi) is 4.43. The molecule has 1 amide bonds. The first-order chi connectivity index (χ1) is 9.13. The minimum atomic E-state index is 0.00528. The van der Waals surface area contributed by atoms with E-state index in [9.17, 15) is 4.79 Å². The summed E-state index contributed by atoms with van der Waals surface area (Å²) in [7, 11) is 1.71. The van der Waals surface area contributed by atoms with Crippen molar-refractivity contribution in [1.82, 2.24) is 5.32 Å². The third-order valence-corrected chi connectivity index (χ3v) is 3.62. The van der Waals surface area contributed by atoms with Crippen LogP contribution in [0.3, 0.4) is 0 Å². The molecular formula is C15H22N2O2. The third-order valence-electron chi connectivity index (χ3n) is 3.62. The van der Waals surface area contributed by atoms with Crippen LogP contribution in [-0.2, 0) is 4.74 Å². The van der Waals surface area contributed by atoms with E-state index in [4.69, 9.17) is 4.74 Å². The molecule has 1 aliphatic carbocycles. The molecule has 4 nitrogen and oxygen atoms in total. The van der Waals surface area contributed by atoms with Gasteiger partial charge in [0, 0.05) is 30.9 Å². The number of rotatable bonds is 5. The maximum absolute atomic E-state index is 12.1. The molecule has 0 unspecified atom stereocenters. The van der Waals surface area contributed by atoms with E-state index in [2.05, 4.69) is 17.6 Å². The van der Waals surface area contributed by atoms with Crippen LogP contribution in [0.15, 0.2) is 18.2 Å². The number of anilines is 1. The molecule has 0 radical (unpaired) electrons. The van der Waals surface area contributed by atoms with E-state index < -0.39 is 0 Å². The Labute approximate surface area is 114 Å². The molecule has 0 spiro atoms. The molecule has 1 saturated carbocycles. The van der Waals surface area contributed by atoms with E-state index in [0.29, 0.717) is 6.10 Å². The van der Waals surface area contributed by atoms with E-state index in [1.807, 2.05) is 25.1 Å². The minimum absolute atomic E-state index is 0.00528. The Morgan fingerprint density at radius 1 is 1.42 bits per heavy atom. The highest BCUT2D eigenvalue weighted by atomic mass is 16.5. The monoisotopic (exact) mass is 262 g/mol. The molecule has 1 fully saturated rings. The molecule has 1 aromatic carbocycles. The Morgan fingerprint density at radius 2 is 2.16 bits per heavy atom. The van der Waals surface area contributed by atoms with Gasteiger partial charge in [0.15, 0.2) is 0 Å². The van der Waals surface area contributed by atoms with Gasteiger partial charge in [0.05, 0.1) is 6.10 Å². The lowest BCUT2D eigenvalue weighted by molar-refractivity contribution is 0.0176. The number of hydrogen-bond acceptors (Lipinski definition) is 3. The molecule has 0 bridgehead atoms. The normalized spacial score (nSPS) is 21.6. The van der Waals surface area contributed by atoms with Gasteiger partial charge in [-0.05, 0) is 50.5 Å². The van der Waals surface area contributed by atoms with E-state index in [-0.39, 0.29) is 11.9 Å². The molecule has 1 aromatic rings. The lowest BCUT2D eigenvalue weighted by Crippen LogP contribution is -2.47. The molecule has 0 aliphatic heterocycles. The van der Waals surface area contributed by atoms with Gasteiger partial charge in [-0.1, -0.05) is 0 Å². The predicted molar refractivity (Wildman–Crippen MR) is 76.6 cm³/mol. The number of carbonyl (C=O) groups is 1. The van der Waals surface area contributed by atoms with Gasteiger partial charge < -0.3 is 15.4 Å². The largest absolute Gasteiger partial charge is 0.385 e. The summed E-state index contributed by atoms with van der Waals surface area (Å²) in [5, 5.41) is 6.31. The SMILES string of the molecule is CCNc1ccc(C(=O)NC2CC(OC)C2)cc1C. The lowest BCUT2D eigenvalue weighted by atomic mass is 9.89. The number of nitrogens with one attached hydrogen (secondary N) is 2. The summed E-state index contributed by atoms with van der Waals surface area (Å²) in [5.41, 5.74) is 2.90. The van der Waals surface area contributed by atoms with Gasteiger partial charge in [0.2, 0.25) is 0 Å². The first-order valence-electron chi connectivity index (χ1n) is 6.82. The fourth-order valence-electron chi connectivity index (χ4n) is 2.34. The minimum Gasteiger partial charge on any atom is -0.385 e. The van der Waals surface area contributed by atoms with Gasteiger partial charge in [-0.3, -0.25) is 4.79 Å². The van der Waals surface area contributed by atoms with Crippen LogP contribution >= 0.6 is 0 Å². The molecule has 1 aliphatic rings. The number of methoxy groups -OCH3 is 1. The van der Waals surface area contributed by atoms with Gasteiger partial charge in [0.25, 0.3) is 5.91 Å². The van der Waals surface area contributed by atoms with Crippen molar-refractivity contribution >= 4 is 11.6 Å². The average Bonchev–Trinajstić information content (AvgIpc) is 2.35. The molecule has 0 heterocycles. The first-order valence-corrected chi connectivity index (χ1v) is 6.82. The van der Waals surface area contributed by atoms with Crippen LogP contribution in [0.25, 0.3) is 0 Å². The molecule has 104 valence electrons. The topological polar surface area (TPSA) is 50.4 Å². The van der Waals surface area contributed by atoms with Crippen LogP contribution in [0.2, 0.25) is 0 Å². The van der Waals surface area contributed by atoms with Crippen molar-refractivity contribution in [2.75, 3.05) is 19.0 Å². The Bertz CT molecular complexity index is 453. The maximum atomic E-state index is 12.1. The van der Waals surface area contributed by atoms with Crippen molar-refractivity contribution in [2.24, 2.45) is 0 Å². The summed E-state index contributed by atoms with van der Waals surface area (Å²) in [4.78, 5) is 12.1. The summed E-state index contributed by atoms with van der Waals surface area (Å²) < 4.78 is 5.21. The van der Waals surface area contributed by atoms with E-state index in [0.717, 1.165) is 36.2 Å². The molecule has 0 saturated heterocycles. The fraction of sp³-hybridized carbons (Fsp3) is 0.533. The molecule has 0 atom stereocenters. The zero-order valence-corrected chi connectivity index (χ0v) is 11.8. The number of ether oxygens (including phenoxy) is 1. The number of carbonyl (C=O) groups excluding carboxylic acids is 1. The highest BCUT2D eigenvalue weighted by Crippen LogP contribution is 2.23. The molecule has 0 aromatic heterocycles. The summed E-state index contributed by atoms with van der Waals surface area (Å²) in [6, 6.07) is 6.02. The standard InChI is InChI=1S/C15H22N2O2/c1-4-16-14-6-5-11(7-10(14)2)15(18)17-12-8-13(9-12)19-3/h5-7,12-13,16H,4,8-9H2,1-3H3,(H,17,18). The molecule has 2 rings (SSSR count). The van der Waals surface area contributed by atoms with Crippen LogP contribution in [0.1, 0.15) is 35.7 Å². The van der Waals surface area contributed by atoms with Gasteiger partial charge in [-0.2, -0.15) is 0 Å². The Morgan fingerprint density at radius 3 is 2.74 bits per heavy atom. The molecular weight excluding hydrogens is 240 g/mol. The van der Waals surface area contributed by atoms with E-state index >= 15 is 0 Å². The van der Waals surface area contributed by atoms with Crippen molar-refractivity contribution in [2.45, 2.75) is 38.8 Å². The zero-order valence-electron chi connectivity index (χ0n) is 11.8. The quantitative estimate of drug-likeness (QED) is 0.856. The number of amides is 1. The number of hydrogen-bond donors (Lipinski definition) is 2. The first kappa shape index (κ1) is 13.9. The van der Waals surface area contributed by atoms with E-state index in [1.54, 1.807) is 7.11 Å². The second-order valence-corrected chi connectivity index (χ2v) is 5.06. The lowest BCUT2D eigenvalue weighted by Gasteiger charge is -2.34. The average molecular weight is 262 g/mol.